The van der Waals surface area contributed by atoms with Crippen LogP contribution in [0.1, 0.15) is 22.8 Å². The fourth-order valence-corrected chi connectivity index (χ4v) is 2.71. The zero-order valence-electron chi connectivity index (χ0n) is 15.9. The van der Waals surface area contributed by atoms with Crippen molar-refractivity contribution >= 4 is 12.1 Å². The standard InChI is InChI=1S/C23H22N2O3/c1-3-28-21-14-9-17(15-22(21)27-2)16-24-25-23(26)20-12-10-19(11-13-20)18-7-5-4-6-8-18/h4-16H,3H2,1-2H3,(H,25,26). The molecule has 1 amide bonds. The van der Waals surface area contributed by atoms with Crippen LogP contribution in [0, 0.1) is 0 Å². The summed E-state index contributed by atoms with van der Waals surface area (Å²) in [6.07, 6.45) is 1.56. The van der Waals surface area contributed by atoms with Crippen LogP contribution in [-0.4, -0.2) is 25.8 Å². The first-order valence-electron chi connectivity index (χ1n) is 9.01. The molecule has 0 atom stereocenters. The smallest absolute Gasteiger partial charge is 0.271 e. The Labute approximate surface area is 164 Å². The minimum atomic E-state index is -0.270. The third kappa shape index (κ3) is 4.76. The highest BCUT2D eigenvalue weighted by Gasteiger charge is 2.06. The lowest BCUT2D eigenvalue weighted by molar-refractivity contribution is 0.0955. The van der Waals surface area contributed by atoms with E-state index in [9.17, 15) is 4.79 Å². The highest BCUT2D eigenvalue weighted by atomic mass is 16.5. The molecular formula is C23H22N2O3. The number of hydrogen-bond acceptors (Lipinski definition) is 4. The molecule has 0 heterocycles. The molecule has 3 aromatic rings. The van der Waals surface area contributed by atoms with Crippen LogP contribution in [0.3, 0.4) is 0 Å². The van der Waals surface area contributed by atoms with E-state index in [0.717, 1.165) is 16.7 Å². The van der Waals surface area contributed by atoms with Crippen LogP contribution in [0.5, 0.6) is 11.5 Å². The van der Waals surface area contributed by atoms with E-state index in [0.29, 0.717) is 23.7 Å². The fourth-order valence-electron chi connectivity index (χ4n) is 2.71. The summed E-state index contributed by atoms with van der Waals surface area (Å²) >= 11 is 0. The van der Waals surface area contributed by atoms with Crippen LogP contribution in [0.2, 0.25) is 0 Å². The molecule has 0 spiro atoms. The lowest BCUT2D eigenvalue weighted by Crippen LogP contribution is -2.17. The van der Waals surface area contributed by atoms with Crippen LogP contribution in [0.15, 0.2) is 77.9 Å². The van der Waals surface area contributed by atoms with Crippen molar-refractivity contribution in [3.8, 4) is 22.6 Å². The summed E-state index contributed by atoms with van der Waals surface area (Å²) in [5, 5.41) is 4.03. The Morgan fingerprint density at radius 3 is 2.36 bits per heavy atom. The first-order chi connectivity index (χ1) is 13.7. The molecule has 28 heavy (non-hydrogen) atoms. The van der Waals surface area contributed by atoms with E-state index in [-0.39, 0.29) is 5.91 Å². The van der Waals surface area contributed by atoms with Gasteiger partial charge >= 0.3 is 0 Å². The van der Waals surface area contributed by atoms with Crippen molar-refractivity contribution in [2.75, 3.05) is 13.7 Å². The lowest BCUT2D eigenvalue weighted by Gasteiger charge is -2.09. The van der Waals surface area contributed by atoms with Gasteiger partial charge in [-0.15, -0.1) is 0 Å². The Balaban J connectivity index is 1.63. The lowest BCUT2D eigenvalue weighted by atomic mass is 10.0. The predicted molar refractivity (Wildman–Crippen MR) is 111 cm³/mol. The number of ether oxygens (including phenoxy) is 2. The molecule has 0 bridgehead atoms. The second kappa shape index (κ2) is 9.37. The minimum Gasteiger partial charge on any atom is -0.493 e. The number of hydrazone groups is 1. The van der Waals surface area contributed by atoms with E-state index >= 15 is 0 Å². The maximum absolute atomic E-state index is 12.3. The molecule has 0 saturated carbocycles. The van der Waals surface area contributed by atoms with Gasteiger partial charge in [-0.3, -0.25) is 4.79 Å². The highest BCUT2D eigenvalue weighted by Crippen LogP contribution is 2.27. The van der Waals surface area contributed by atoms with Gasteiger partial charge < -0.3 is 9.47 Å². The molecular weight excluding hydrogens is 352 g/mol. The number of benzene rings is 3. The predicted octanol–water partition coefficient (Wildman–Crippen LogP) is 4.52. The van der Waals surface area contributed by atoms with Crippen molar-refractivity contribution < 1.29 is 14.3 Å². The van der Waals surface area contributed by atoms with E-state index in [1.807, 2.05) is 61.5 Å². The Morgan fingerprint density at radius 2 is 1.68 bits per heavy atom. The van der Waals surface area contributed by atoms with Gasteiger partial charge in [0.15, 0.2) is 11.5 Å². The zero-order chi connectivity index (χ0) is 19.8. The van der Waals surface area contributed by atoms with E-state index in [1.165, 1.54) is 0 Å². The maximum Gasteiger partial charge on any atom is 0.271 e. The number of methoxy groups -OCH3 is 1. The average Bonchev–Trinajstić information content (AvgIpc) is 2.75. The van der Waals surface area contributed by atoms with Crippen LogP contribution in [-0.2, 0) is 0 Å². The number of nitrogens with one attached hydrogen (secondary N) is 1. The Morgan fingerprint density at radius 1 is 0.964 bits per heavy atom. The summed E-state index contributed by atoms with van der Waals surface area (Å²) in [7, 11) is 1.58. The SMILES string of the molecule is CCOc1ccc(C=NNC(=O)c2ccc(-c3ccccc3)cc2)cc1OC. The normalized spacial score (nSPS) is 10.6. The molecule has 0 aliphatic carbocycles. The van der Waals surface area contributed by atoms with Crippen molar-refractivity contribution in [3.63, 3.8) is 0 Å². The molecule has 0 aliphatic rings. The summed E-state index contributed by atoms with van der Waals surface area (Å²) < 4.78 is 10.8. The molecule has 0 aliphatic heterocycles. The third-order valence-electron chi connectivity index (χ3n) is 4.12. The Bertz CT molecular complexity index is 951. The van der Waals surface area contributed by atoms with Gasteiger partial charge in [0, 0.05) is 5.56 Å². The first-order valence-corrected chi connectivity index (χ1v) is 9.01. The van der Waals surface area contributed by atoms with E-state index < -0.39 is 0 Å². The number of carbonyl (C=O) groups is 1. The summed E-state index contributed by atoms with van der Waals surface area (Å²) in [6, 6.07) is 22.9. The largest absolute Gasteiger partial charge is 0.493 e. The summed E-state index contributed by atoms with van der Waals surface area (Å²) in [6.45, 7) is 2.47. The van der Waals surface area contributed by atoms with Crippen molar-refractivity contribution in [2.24, 2.45) is 5.10 Å². The summed E-state index contributed by atoms with van der Waals surface area (Å²) in [5.74, 6) is 1.02. The molecule has 3 aromatic carbocycles. The molecule has 1 N–H and O–H groups in total. The van der Waals surface area contributed by atoms with Gasteiger partial charge in [0.25, 0.3) is 5.91 Å². The van der Waals surface area contributed by atoms with Crippen molar-refractivity contribution in [2.45, 2.75) is 6.92 Å². The Kier molecular flexibility index (Phi) is 6.41. The quantitative estimate of drug-likeness (QED) is 0.488. The third-order valence-corrected chi connectivity index (χ3v) is 4.12. The number of hydrogen-bond donors (Lipinski definition) is 1. The molecule has 5 heteroatoms. The monoisotopic (exact) mass is 374 g/mol. The number of rotatable bonds is 7. The first kappa shape index (κ1) is 19.2. The molecule has 0 radical (unpaired) electrons. The number of nitrogens with zero attached hydrogens (tertiary/aromatic N) is 1. The average molecular weight is 374 g/mol. The van der Waals surface area contributed by atoms with Gasteiger partial charge in [0.05, 0.1) is 19.9 Å². The van der Waals surface area contributed by atoms with Crippen LogP contribution < -0.4 is 14.9 Å². The van der Waals surface area contributed by atoms with Crippen molar-refractivity contribution in [1.29, 1.82) is 0 Å². The van der Waals surface area contributed by atoms with E-state index in [2.05, 4.69) is 10.5 Å². The molecule has 142 valence electrons. The minimum absolute atomic E-state index is 0.270. The Hall–Kier alpha value is -3.60. The van der Waals surface area contributed by atoms with Gasteiger partial charge in [-0.2, -0.15) is 5.10 Å². The maximum atomic E-state index is 12.3. The topological polar surface area (TPSA) is 59.9 Å². The fraction of sp³-hybridized carbons (Fsp3) is 0.130. The second-order valence-electron chi connectivity index (χ2n) is 5.99. The second-order valence-corrected chi connectivity index (χ2v) is 5.99. The van der Waals surface area contributed by atoms with Crippen LogP contribution >= 0.6 is 0 Å². The molecule has 0 fully saturated rings. The van der Waals surface area contributed by atoms with E-state index in [4.69, 9.17) is 9.47 Å². The van der Waals surface area contributed by atoms with Crippen molar-refractivity contribution in [3.05, 3.63) is 83.9 Å². The van der Waals surface area contributed by atoms with Gasteiger partial charge in [-0.25, -0.2) is 5.43 Å². The van der Waals surface area contributed by atoms with Crippen molar-refractivity contribution in [1.82, 2.24) is 5.43 Å². The van der Waals surface area contributed by atoms with Crippen LogP contribution in [0.4, 0.5) is 0 Å². The molecule has 3 rings (SSSR count). The number of amides is 1. The molecule has 0 unspecified atom stereocenters. The van der Waals surface area contributed by atoms with Gasteiger partial charge in [0.1, 0.15) is 0 Å². The summed E-state index contributed by atoms with van der Waals surface area (Å²) in [4.78, 5) is 12.3. The van der Waals surface area contributed by atoms with Gasteiger partial charge in [0.2, 0.25) is 0 Å². The highest BCUT2D eigenvalue weighted by molar-refractivity contribution is 5.95. The van der Waals surface area contributed by atoms with Crippen LogP contribution in [0.25, 0.3) is 11.1 Å². The summed E-state index contributed by atoms with van der Waals surface area (Å²) in [5.41, 5.74) is 6.04. The van der Waals surface area contributed by atoms with E-state index in [1.54, 1.807) is 31.5 Å². The molecule has 0 aromatic heterocycles. The van der Waals surface area contributed by atoms with Gasteiger partial charge in [-0.1, -0.05) is 42.5 Å². The van der Waals surface area contributed by atoms with Gasteiger partial charge in [-0.05, 0) is 53.9 Å². The number of carbonyl (C=O) groups excluding carboxylic acids is 1. The zero-order valence-corrected chi connectivity index (χ0v) is 15.9. The molecule has 5 nitrogen and oxygen atoms in total. The molecule has 0 saturated heterocycles.